The minimum atomic E-state index is 0. The van der Waals surface area contributed by atoms with Gasteiger partial charge in [0.05, 0.1) is 67.9 Å². The summed E-state index contributed by atoms with van der Waals surface area (Å²) in [6.45, 7) is 0. The van der Waals surface area contributed by atoms with E-state index in [1.807, 2.05) is 24.3 Å². The summed E-state index contributed by atoms with van der Waals surface area (Å²) in [6, 6.07) is 24.9. The predicted octanol–water partition coefficient (Wildman–Crippen LogP) is -6.58. The summed E-state index contributed by atoms with van der Waals surface area (Å²) >= 11 is 0. The number of hydrogen-bond donors (Lipinski definition) is 0. The summed E-state index contributed by atoms with van der Waals surface area (Å²) in [6.07, 6.45) is 25.1. The molecule has 4 aromatic rings. The lowest BCUT2D eigenvalue weighted by atomic mass is 10.0. The summed E-state index contributed by atoms with van der Waals surface area (Å²) in [4.78, 5) is 21.5. The van der Waals surface area contributed by atoms with Crippen molar-refractivity contribution in [1.29, 1.82) is 0 Å². The van der Waals surface area contributed by atoms with Crippen LogP contribution < -0.4 is 67.9 Å². The molecule has 9 heterocycles. The van der Waals surface area contributed by atoms with Crippen molar-refractivity contribution in [3.63, 3.8) is 0 Å². The van der Waals surface area contributed by atoms with Crippen molar-refractivity contribution in [1.82, 2.24) is 0 Å². The van der Waals surface area contributed by atoms with Gasteiger partial charge in [-0.2, -0.15) is 0 Å². The SMILES string of the molecule is C[n+]1ccccc1C1=C2C=CC(=N2)C(c2cccc[n+]2C)=C2C=CC(=N2)C(c2cccc[n+]2C)=C2C=CC(=N2)C(c2cccc[n+]2C)=C2C=CC1=N2.Cl.[Cl-].[Cl-].[Cl-].[Cl-]. The number of aromatic nitrogens is 4. The van der Waals surface area contributed by atoms with Crippen LogP contribution in [0.2, 0.25) is 0 Å². The highest BCUT2D eigenvalue weighted by atomic mass is 35.5. The molecule has 0 fully saturated rings. The summed E-state index contributed by atoms with van der Waals surface area (Å²) in [5.74, 6) is 0. The molecule has 57 heavy (non-hydrogen) atoms. The Hall–Kier alpha value is -5.35. The van der Waals surface area contributed by atoms with E-state index in [9.17, 15) is 0 Å². The van der Waals surface area contributed by atoms with Crippen molar-refractivity contribution in [2.75, 3.05) is 0 Å². The molecule has 0 atom stereocenters. The lowest BCUT2D eigenvalue weighted by molar-refractivity contribution is -0.673. The summed E-state index contributed by atoms with van der Waals surface area (Å²) < 4.78 is 8.49. The molecular weight excluding hydrogens is 818 g/mol. The van der Waals surface area contributed by atoms with Crippen molar-refractivity contribution in [3.8, 4) is 0 Å². The van der Waals surface area contributed by atoms with Crippen LogP contribution in [0, 0.1) is 0 Å². The fraction of sp³-hybridized carbons (Fsp3) is 0.0909. The van der Waals surface area contributed by atoms with E-state index in [0.717, 1.165) is 90.7 Å². The van der Waals surface area contributed by atoms with E-state index >= 15 is 0 Å². The van der Waals surface area contributed by atoms with Gasteiger partial charge >= 0.3 is 0 Å². The standard InChI is InChI=1S/C44H36N8.5ClH/c1-49-25-9-5-13-37(49)41-29-17-19-31(45-29)42(38-14-6-10-26-50(38)2)33-21-23-35(47-33)44(40-16-8-12-28-52(40)4)36-24-22-34(48-36)43(32-20-18-30(41)46-32)39-15-7-11-27-51(39)3;;;;;/h5-28H,1-4H3;5*1H/q+4;;;;;/p-4. The van der Waals surface area contributed by atoms with Crippen molar-refractivity contribution in [3.05, 3.63) is 192 Å². The summed E-state index contributed by atoms with van der Waals surface area (Å²) in [5, 5.41) is 0. The van der Waals surface area contributed by atoms with Crippen LogP contribution in [0.15, 0.2) is 189 Å². The Balaban J connectivity index is 0.00000144. The molecule has 0 spiro atoms. The zero-order valence-electron chi connectivity index (χ0n) is 31.4. The molecule has 13 heteroatoms. The van der Waals surface area contributed by atoms with E-state index in [1.54, 1.807) is 0 Å². The van der Waals surface area contributed by atoms with Crippen LogP contribution >= 0.6 is 12.4 Å². The van der Waals surface area contributed by atoms with Gasteiger partial charge < -0.3 is 49.6 Å². The molecule has 0 radical (unpaired) electrons. The van der Waals surface area contributed by atoms with E-state index in [2.05, 4.69) is 168 Å². The van der Waals surface area contributed by atoms with Gasteiger partial charge in [0, 0.05) is 48.5 Å². The van der Waals surface area contributed by atoms with Crippen LogP contribution in [0.1, 0.15) is 22.8 Å². The minimum Gasteiger partial charge on any atom is -1.00 e. The van der Waals surface area contributed by atoms with Gasteiger partial charge in [0.1, 0.15) is 28.2 Å². The first-order valence-corrected chi connectivity index (χ1v) is 17.3. The van der Waals surface area contributed by atoms with E-state index in [1.165, 1.54) is 0 Å². The van der Waals surface area contributed by atoms with E-state index in [0.29, 0.717) is 0 Å². The van der Waals surface area contributed by atoms with Crippen LogP contribution in [0.25, 0.3) is 22.3 Å². The Kier molecular flexibility index (Phi) is 14.2. The smallest absolute Gasteiger partial charge is 0.216 e. The molecule has 5 aliphatic rings. The van der Waals surface area contributed by atoms with Crippen LogP contribution in [0.4, 0.5) is 0 Å². The molecule has 9 rings (SSSR count). The molecule has 0 saturated carbocycles. The van der Waals surface area contributed by atoms with Crippen molar-refractivity contribution < 1.29 is 67.9 Å². The van der Waals surface area contributed by atoms with Crippen LogP contribution in [-0.4, -0.2) is 22.8 Å². The zero-order chi connectivity index (χ0) is 35.3. The fourth-order valence-corrected chi connectivity index (χ4v) is 7.27. The van der Waals surface area contributed by atoms with Crippen molar-refractivity contribution in [2.24, 2.45) is 48.2 Å². The number of aryl methyl sites for hydroxylation is 4. The molecule has 0 N–H and O–H groups in total. The molecule has 288 valence electrons. The predicted molar refractivity (Wildman–Crippen MR) is 212 cm³/mol. The van der Waals surface area contributed by atoms with Gasteiger partial charge in [-0.3, -0.25) is 0 Å². The Morgan fingerprint density at radius 1 is 0.316 bits per heavy atom. The maximum Gasteiger partial charge on any atom is 0.216 e. The third-order valence-electron chi connectivity index (χ3n) is 9.85. The lowest BCUT2D eigenvalue weighted by Gasteiger charge is -2.10. The molecule has 0 unspecified atom stereocenters. The Bertz CT molecular complexity index is 2300. The van der Waals surface area contributed by atoms with E-state index in [4.69, 9.17) is 20.0 Å². The molecule has 5 aliphatic heterocycles. The third-order valence-corrected chi connectivity index (χ3v) is 9.85. The second kappa shape index (κ2) is 18.3. The quantitative estimate of drug-likeness (QED) is 0.184. The van der Waals surface area contributed by atoms with Gasteiger partial charge in [0.25, 0.3) is 0 Å². The molecule has 0 aliphatic carbocycles. The first-order chi connectivity index (χ1) is 25.4. The molecule has 0 amide bonds. The minimum absolute atomic E-state index is 0. The van der Waals surface area contributed by atoms with Gasteiger partial charge in [-0.25, -0.2) is 38.2 Å². The average molecular weight is 855 g/mol. The molecule has 8 nitrogen and oxygen atoms in total. The maximum absolute atomic E-state index is 5.38. The second-order valence-electron chi connectivity index (χ2n) is 13.1. The first kappa shape index (κ1) is 44.4. The summed E-state index contributed by atoms with van der Waals surface area (Å²) in [7, 11) is 8.24. The van der Waals surface area contributed by atoms with Crippen molar-refractivity contribution >= 4 is 57.5 Å². The number of hydrogen-bond acceptors (Lipinski definition) is 4. The second-order valence-corrected chi connectivity index (χ2v) is 13.1. The monoisotopic (exact) mass is 852 g/mol. The number of rotatable bonds is 4. The molecule has 0 saturated heterocycles. The molecule has 4 aromatic heterocycles. The molecular formula is C44H37Cl5N8. The lowest BCUT2D eigenvalue weighted by Crippen LogP contribution is -3.00. The Morgan fingerprint density at radius 3 is 0.719 bits per heavy atom. The number of nitrogens with zero attached hydrogens (tertiary/aromatic N) is 8. The van der Waals surface area contributed by atoms with Gasteiger partial charge in [-0.15, -0.1) is 12.4 Å². The van der Waals surface area contributed by atoms with E-state index < -0.39 is 0 Å². The molecule has 0 aromatic carbocycles. The highest BCUT2D eigenvalue weighted by molar-refractivity contribution is 6.39. The fourth-order valence-electron chi connectivity index (χ4n) is 7.27. The highest BCUT2D eigenvalue weighted by Crippen LogP contribution is 2.36. The molecule has 8 bridgehead atoms. The van der Waals surface area contributed by atoms with E-state index in [-0.39, 0.29) is 62.0 Å². The Morgan fingerprint density at radius 2 is 0.526 bits per heavy atom. The first-order valence-electron chi connectivity index (χ1n) is 17.3. The number of halogens is 5. The topological polar surface area (TPSA) is 65.0 Å². The van der Waals surface area contributed by atoms with Crippen molar-refractivity contribution in [2.45, 2.75) is 0 Å². The summed E-state index contributed by atoms with van der Waals surface area (Å²) in [5.41, 5.74) is 14.5. The largest absolute Gasteiger partial charge is 1.00 e. The number of fused-ring (bicyclic) bond motifs is 4. The average Bonchev–Trinajstić information content (AvgIpc) is 3.99. The number of aliphatic imine (C=N–C) groups is 4. The third kappa shape index (κ3) is 7.97. The number of allylic oxidation sites excluding steroid dienone is 12. The normalized spacial score (nSPS) is 15.9. The number of pyridine rings is 4. The van der Waals surface area contributed by atoms with Gasteiger partial charge in [-0.05, 0) is 72.9 Å². The van der Waals surface area contributed by atoms with Gasteiger partial charge in [0.15, 0.2) is 24.8 Å². The van der Waals surface area contributed by atoms with Gasteiger partial charge in [0.2, 0.25) is 22.8 Å². The zero-order valence-corrected chi connectivity index (χ0v) is 35.2. The van der Waals surface area contributed by atoms with Gasteiger partial charge in [-0.1, -0.05) is 0 Å². The maximum atomic E-state index is 5.38. The highest BCUT2D eigenvalue weighted by Gasteiger charge is 2.33. The van der Waals surface area contributed by atoms with Crippen LogP contribution in [-0.2, 0) is 28.2 Å². The van der Waals surface area contributed by atoms with Crippen LogP contribution in [0.3, 0.4) is 0 Å². The van der Waals surface area contributed by atoms with Crippen LogP contribution in [0.5, 0.6) is 0 Å². The Labute approximate surface area is 363 Å².